The van der Waals surface area contributed by atoms with Crippen LogP contribution in [0.5, 0.6) is 0 Å². The Morgan fingerprint density at radius 2 is 2.00 bits per heavy atom. The van der Waals surface area contributed by atoms with Crippen LogP contribution in [0.25, 0.3) is 0 Å². The maximum Gasteiger partial charge on any atom is 0.389 e. The van der Waals surface area contributed by atoms with E-state index in [0.29, 0.717) is 12.0 Å². The Bertz CT molecular complexity index is 673. The van der Waals surface area contributed by atoms with Crippen molar-refractivity contribution in [3.63, 3.8) is 0 Å². The van der Waals surface area contributed by atoms with Gasteiger partial charge in [-0.15, -0.1) is 0 Å². The van der Waals surface area contributed by atoms with E-state index in [4.69, 9.17) is 4.74 Å². The van der Waals surface area contributed by atoms with Gasteiger partial charge in [-0.1, -0.05) is 24.3 Å². The van der Waals surface area contributed by atoms with Crippen molar-refractivity contribution in [2.24, 2.45) is 0 Å². The molecular weight excluding hydrogens is 335 g/mol. The van der Waals surface area contributed by atoms with Crippen LogP contribution in [0.15, 0.2) is 24.3 Å². The highest BCUT2D eigenvalue weighted by Gasteiger charge is 2.31. The van der Waals surface area contributed by atoms with Crippen LogP contribution in [0, 0.1) is 0 Å². The maximum atomic E-state index is 12.1. The van der Waals surface area contributed by atoms with Gasteiger partial charge in [0.2, 0.25) is 10.0 Å². The maximum absolute atomic E-state index is 12.1. The molecule has 0 fully saturated rings. The molecule has 0 unspecified atom stereocenters. The summed E-state index contributed by atoms with van der Waals surface area (Å²) < 4.78 is 66.7. The lowest BCUT2D eigenvalue weighted by Gasteiger charge is -2.25. The van der Waals surface area contributed by atoms with Gasteiger partial charge in [-0.2, -0.15) is 13.2 Å². The number of carbonyl (C=O) groups is 1. The van der Waals surface area contributed by atoms with Crippen LogP contribution in [0.4, 0.5) is 13.2 Å². The number of fused-ring (bicyclic) bond motifs is 1. The molecule has 1 aromatic rings. The zero-order valence-electron chi connectivity index (χ0n) is 12.1. The third-order valence-electron chi connectivity index (χ3n) is 3.36. The van der Waals surface area contributed by atoms with E-state index in [1.807, 2.05) is 6.07 Å². The smallest absolute Gasteiger partial charge is 0.363 e. The van der Waals surface area contributed by atoms with E-state index < -0.39 is 46.8 Å². The Hall–Kier alpha value is -1.61. The summed E-state index contributed by atoms with van der Waals surface area (Å²) in [7, 11) is -4.13. The number of benzene rings is 1. The minimum atomic E-state index is -4.43. The van der Waals surface area contributed by atoms with Gasteiger partial charge in [0.25, 0.3) is 5.91 Å². The molecule has 0 bridgehead atoms. The first-order chi connectivity index (χ1) is 10.7. The normalized spacial score (nSPS) is 18.3. The van der Waals surface area contributed by atoms with Crippen molar-refractivity contribution in [3.05, 3.63) is 35.4 Å². The Kier molecular flexibility index (Phi) is 5.30. The Morgan fingerprint density at radius 3 is 2.70 bits per heavy atom. The van der Waals surface area contributed by atoms with Crippen molar-refractivity contribution in [2.45, 2.75) is 31.5 Å². The third kappa shape index (κ3) is 5.21. The van der Waals surface area contributed by atoms with Crippen LogP contribution in [-0.2, 0) is 26.0 Å². The second-order valence-electron chi connectivity index (χ2n) is 5.20. The molecule has 5 nitrogen and oxygen atoms in total. The highest BCUT2D eigenvalue weighted by Crippen LogP contribution is 2.27. The highest BCUT2D eigenvalue weighted by atomic mass is 32.2. The van der Waals surface area contributed by atoms with Crippen molar-refractivity contribution < 1.29 is 31.1 Å². The molecule has 2 rings (SSSR count). The first-order valence-electron chi connectivity index (χ1n) is 6.98. The fraction of sp³-hybridized carbons (Fsp3) is 0.500. The number of carbonyl (C=O) groups excluding carboxylic acids is 1. The van der Waals surface area contributed by atoms with Crippen LogP contribution in [0.1, 0.15) is 30.1 Å². The molecule has 23 heavy (non-hydrogen) atoms. The van der Waals surface area contributed by atoms with E-state index in [1.165, 1.54) is 0 Å². The molecule has 0 aromatic heterocycles. The zero-order valence-corrected chi connectivity index (χ0v) is 12.9. The molecule has 1 N–H and O–H groups in total. The Balaban J connectivity index is 1.99. The second-order valence-corrected chi connectivity index (χ2v) is 7.05. The number of halogens is 3. The molecule has 1 aliphatic rings. The number of hydrogen-bond donors (Lipinski definition) is 1. The molecule has 9 heteroatoms. The van der Waals surface area contributed by atoms with Gasteiger partial charge in [0, 0.05) is 6.42 Å². The molecule has 1 atom stereocenters. The molecule has 0 radical (unpaired) electrons. The monoisotopic (exact) mass is 351 g/mol. The quantitative estimate of drug-likeness (QED) is 0.882. The van der Waals surface area contributed by atoms with Crippen LogP contribution < -0.4 is 4.72 Å². The standard InChI is InChI=1S/C14H16F3NO4S/c15-14(16,17)7-3-9-23(20,21)18-13(19)12-11-5-2-1-4-10(11)6-8-22-12/h1-2,4-5,12H,3,6-9H2,(H,18,19)/t12-/m1/s1. The fourth-order valence-corrected chi connectivity index (χ4v) is 3.37. The van der Waals surface area contributed by atoms with Crippen molar-refractivity contribution in [2.75, 3.05) is 12.4 Å². The molecule has 0 saturated heterocycles. The van der Waals surface area contributed by atoms with Gasteiger partial charge in [0.05, 0.1) is 12.4 Å². The van der Waals surface area contributed by atoms with Gasteiger partial charge < -0.3 is 4.74 Å². The minimum Gasteiger partial charge on any atom is -0.363 e. The molecule has 1 aliphatic heterocycles. The van der Waals surface area contributed by atoms with Crippen LogP contribution in [0.3, 0.4) is 0 Å². The minimum absolute atomic E-state index is 0.267. The molecule has 1 aromatic carbocycles. The first kappa shape index (κ1) is 17.7. The van der Waals surface area contributed by atoms with Gasteiger partial charge in [-0.05, 0) is 24.0 Å². The molecule has 128 valence electrons. The predicted molar refractivity (Wildman–Crippen MR) is 76.1 cm³/mol. The van der Waals surface area contributed by atoms with E-state index in [0.717, 1.165) is 5.56 Å². The summed E-state index contributed by atoms with van der Waals surface area (Å²) in [6, 6.07) is 6.98. The molecule has 0 saturated carbocycles. The first-order valence-corrected chi connectivity index (χ1v) is 8.64. The number of alkyl halides is 3. The topological polar surface area (TPSA) is 72.5 Å². The lowest BCUT2D eigenvalue weighted by molar-refractivity contribution is -0.134. The van der Waals surface area contributed by atoms with E-state index in [-0.39, 0.29) is 6.61 Å². The summed E-state index contributed by atoms with van der Waals surface area (Å²) in [6.07, 6.45) is -6.71. The summed E-state index contributed by atoms with van der Waals surface area (Å²) in [5.74, 6) is -1.66. The number of amides is 1. The largest absolute Gasteiger partial charge is 0.389 e. The van der Waals surface area contributed by atoms with Gasteiger partial charge >= 0.3 is 6.18 Å². The number of hydrogen-bond acceptors (Lipinski definition) is 4. The zero-order chi connectivity index (χ0) is 17.1. The number of nitrogens with one attached hydrogen (secondary N) is 1. The van der Waals surface area contributed by atoms with E-state index >= 15 is 0 Å². The van der Waals surface area contributed by atoms with Crippen molar-refractivity contribution in [1.82, 2.24) is 4.72 Å². The van der Waals surface area contributed by atoms with Gasteiger partial charge in [0.15, 0.2) is 6.10 Å². The molecular formula is C14H16F3NO4S. The number of rotatable bonds is 5. The highest BCUT2D eigenvalue weighted by molar-refractivity contribution is 7.90. The van der Waals surface area contributed by atoms with E-state index in [2.05, 4.69) is 0 Å². The number of sulfonamides is 1. The molecule has 1 heterocycles. The fourth-order valence-electron chi connectivity index (χ4n) is 2.33. The van der Waals surface area contributed by atoms with E-state index in [9.17, 15) is 26.4 Å². The summed E-state index contributed by atoms with van der Waals surface area (Å²) in [5, 5.41) is 0. The SMILES string of the molecule is O=C(NS(=O)(=O)CCCC(F)(F)F)[C@@H]1OCCc2ccccc21. The lowest BCUT2D eigenvalue weighted by atomic mass is 9.97. The molecule has 0 spiro atoms. The second kappa shape index (κ2) is 6.88. The van der Waals surface area contributed by atoms with Gasteiger partial charge in [0.1, 0.15) is 0 Å². The van der Waals surface area contributed by atoms with Crippen molar-refractivity contribution >= 4 is 15.9 Å². The summed E-state index contributed by atoms with van der Waals surface area (Å²) in [4.78, 5) is 12.1. The summed E-state index contributed by atoms with van der Waals surface area (Å²) in [6.45, 7) is 0.267. The summed E-state index contributed by atoms with van der Waals surface area (Å²) in [5.41, 5.74) is 1.45. The van der Waals surface area contributed by atoms with Crippen LogP contribution in [0.2, 0.25) is 0 Å². The van der Waals surface area contributed by atoms with Crippen molar-refractivity contribution in [1.29, 1.82) is 0 Å². The predicted octanol–water partition coefficient (Wildman–Crippen LogP) is 2.09. The van der Waals surface area contributed by atoms with E-state index in [1.54, 1.807) is 22.9 Å². The Labute approximate surface area is 131 Å². The molecule has 0 aliphatic carbocycles. The van der Waals surface area contributed by atoms with Crippen molar-refractivity contribution in [3.8, 4) is 0 Å². The summed E-state index contributed by atoms with van der Waals surface area (Å²) >= 11 is 0. The lowest BCUT2D eigenvalue weighted by Crippen LogP contribution is -2.38. The Morgan fingerprint density at radius 1 is 1.30 bits per heavy atom. The number of ether oxygens (including phenoxy) is 1. The van der Waals surface area contributed by atoms with Crippen LogP contribution >= 0.6 is 0 Å². The van der Waals surface area contributed by atoms with Gasteiger partial charge in [-0.25, -0.2) is 8.42 Å². The average molecular weight is 351 g/mol. The van der Waals surface area contributed by atoms with Gasteiger partial charge in [-0.3, -0.25) is 9.52 Å². The average Bonchev–Trinajstić information content (AvgIpc) is 2.44. The third-order valence-corrected chi connectivity index (χ3v) is 4.70. The molecule has 1 amide bonds. The van der Waals surface area contributed by atoms with Crippen LogP contribution in [-0.4, -0.2) is 32.9 Å².